The van der Waals surface area contributed by atoms with Crippen LogP contribution in [0.3, 0.4) is 0 Å². The van der Waals surface area contributed by atoms with Gasteiger partial charge in [-0.1, -0.05) is 0 Å². The predicted molar refractivity (Wildman–Crippen MR) is 75.8 cm³/mol. The van der Waals surface area contributed by atoms with Gasteiger partial charge in [0.25, 0.3) is 0 Å². The zero-order valence-electron chi connectivity index (χ0n) is 11.4. The second kappa shape index (κ2) is 7.39. The van der Waals surface area contributed by atoms with Gasteiger partial charge in [0.05, 0.1) is 0 Å². The Balaban J connectivity index is 2.94. The van der Waals surface area contributed by atoms with Gasteiger partial charge in [0.15, 0.2) is 0 Å². The van der Waals surface area contributed by atoms with Crippen molar-refractivity contribution in [3.8, 4) is 0 Å². The quantitative estimate of drug-likeness (QED) is 0.808. The molecule has 0 spiro atoms. The maximum absolute atomic E-state index is 6.27. The van der Waals surface area contributed by atoms with E-state index < -0.39 is 20.2 Å². The van der Waals surface area contributed by atoms with Crippen molar-refractivity contribution in [2.75, 3.05) is 0 Å². The van der Waals surface area contributed by atoms with E-state index in [2.05, 4.69) is 52.0 Å². The van der Waals surface area contributed by atoms with Crippen LogP contribution in [-0.4, -0.2) is 26.3 Å². The summed E-state index contributed by atoms with van der Waals surface area (Å²) in [5.41, 5.74) is 7.33. The van der Waals surface area contributed by atoms with Crippen LogP contribution in [0.2, 0.25) is 4.44 Å². The Morgan fingerprint density at radius 2 is 1.88 bits per heavy atom. The van der Waals surface area contributed by atoms with E-state index in [1.165, 1.54) is 13.6 Å². The van der Waals surface area contributed by atoms with E-state index in [-0.39, 0.29) is 6.04 Å². The Labute approximate surface area is 113 Å². The van der Waals surface area contributed by atoms with Crippen LogP contribution < -0.4 is 9.31 Å². The van der Waals surface area contributed by atoms with Crippen LogP contribution in [0.15, 0.2) is 24.3 Å². The van der Waals surface area contributed by atoms with E-state index in [9.17, 15) is 0 Å². The third-order valence-electron chi connectivity index (χ3n) is 2.99. The first kappa shape index (κ1) is 15.0. The third-order valence-corrected chi connectivity index (χ3v) is 9.80. The van der Waals surface area contributed by atoms with E-state index in [1.807, 2.05) is 0 Å². The van der Waals surface area contributed by atoms with Crippen molar-refractivity contribution in [1.82, 2.24) is 0 Å². The number of nitrogens with two attached hydrogens (primary N) is 1. The van der Waals surface area contributed by atoms with Crippen molar-refractivity contribution >= 4 is 23.8 Å². The Morgan fingerprint density at radius 1 is 1.24 bits per heavy atom. The Bertz CT molecular complexity index is 341. The average Bonchev–Trinajstić information content (AvgIpc) is 2.35. The third kappa shape index (κ3) is 4.27. The van der Waals surface area contributed by atoms with E-state index in [0.717, 1.165) is 6.42 Å². The van der Waals surface area contributed by atoms with E-state index in [1.54, 1.807) is 0 Å². The summed E-state index contributed by atoms with van der Waals surface area (Å²) >= 11 is -1.94. The number of rotatable bonds is 6. The summed E-state index contributed by atoms with van der Waals surface area (Å²) in [6.45, 7) is 8.65. The van der Waals surface area contributed by atoms with Gasteiger partial charge in [-0.15, -0.1) is 0 Å². The van der Waals surface area contributed by atoms with Gasteiger partial charge in [-0.3, -0.25) is 0 Å². The minimum atomic E-state index is -1.94. The van der Waals surface area contributed by atoms with Crippen LogP contribution in [0.4, 0.5) is 0 Å². The van der Waals surface area contributed by atoms with Crippen LogP contribution in [0.5, 0.6) is 0 Å². The Morgan fingerprint density at radius 3 is 2.41 bits per heavy atom. The molecule has 1 radical (unpaired) electrons. The standard InChI is InChI=1S/C8H10N.C4H9O.C2H5.Sn/c1-7(9)8-5-3-2-4-6-8;1-3-4(2)5;1-2;/h2-5,7H,9H2,1H3;4H,3H2,1-2H3;1H2,2H3;/q;-1;;+1. The fourth-order valence-electron chi connectivity index (χ4n) is 1.81. The van der Waals surface area contributed by atoms with Crippen LogP contribution in [0.25, 0.3) is 0 Å². The molecule has 1 aromatic carbocycles. The van der Waals surface area contributed by atoms with Crippen molar-refractivity contribution in [2.45, 2.75) is 50.7 Å². The van der Waals surface area contributed by atoms with E-state index in [0.29, 0.717) is 6.10 Å². The second-order valence-corrected chi connectivity index (χ2v) is 11.1. The van der Waals surface area contributed by atoms with Crippen LogP contribution in [0, 0.1) is 0 Å². The minimum absolute atomic E-state index is 0.105. The summed E-state index contributed by atoms with van der Waals surface area (Å²) in [6, 6.07) is 8.66. The zero-order valence-corrected chi connectivity index (χ0v) is 14.2. The molecule has 3 heteroatoms. The number of hydrogen-bond acceptors (Lipinski definition) is 2. The summed E-state index contributed by atoms with van der Waals surface area (Å²) in [6.07, 6.45) is 1.47. The molecule has 0 aromatic heterocycles. The molecule has 0 aliphatic carbocycles. The average molecular weight is 341 g/mol. The summed E-state index contributed by atoms with van der Waals surface area (Å²) in [7, 11) is 0. The predicted octanol–water partition coefficient (Wildman–Crippen LogP) is 2.74. The molecule has 0 saturated carbocycles. The van der Waals surface area contributed by atoms with Crippen molar-refractivity contribution in [2.24, 2.45) is 5.73 Å². The van der Waals surface area contributed by atoms with Gasteiger partial charge in [-0.2, -0.15) is 0 Å². The molecule has 1 rings (SSSR count). The fraction of sp³-hybridized carbons (Fsp3) is 0.571. The molecular weight excluding hydrogens is 317 g/mol. The summed E-state index contributed by atoms with van der Waals surface area (Å²) in [4.78, 5) is 0. The molecule has 1 aromatic rings. The van der Waals surface area contributed by atoms with Gasteiger partial charge < -0.3 is 0 Å². The summed E-state index contributed by atoms with van der Waals surface area (Å²) < 4.78 is 8.88. The first-order chi connectivity index (χ1) is 8.10. The molecule has 0 bridgehead atoms. The molecule has 0 amide bonds. The van der Waals surface area contributed by atoms with Gasteiger partial charge in [-0.25, -0.2) is 0 Å². The van der Waals surface area contributed by atoms with Crippen LogP contribution >= 0.6 is 0 Å². The molecule has 0 fully saturated rings. The Hall–Kier alpha value is -0.0613. The van der Waals surface area contributed by atoms with Gasteiger partial charge in [-0.05, 0) is 0 Å². The topological polar surface area (TPSA) is 35.2 Å². The van der Waals surface area contributed by atoms with Crippen LogP contribution in [0.1, 0.15) is 45.7 Å². The summed E-state index contributed by atoms with van der Waals surface area (Å²) in [5.74, 6) is 0. The molecule has 17 heavy (non-hydrogen) atoms. The van der Waals surface area contributed by atoms with Crippen molar-refractivity contribution in [1.29, 1.82) is 0 Å². The molecule has 0 heterocycles. The normalized spacial score (nSPS) is 14.9. The molecule has 2 nitrogen and oxygen atoms in total. The zero-order chi connectivity index (χ0) is 12.8. The summed E-state index contributed by atoms with van der Waals surface area (Å²) in [5, 5.41) is 0. The van der Waals surface area contributed by atoms with Crippen molar-refractivity contribution in [3.05, 3.63) is 29.8 Å². The SMILES string of the molecule is CCC(C)[O][Sn]([CH2]C)[c]1ccccc1C(C)N. The molecule has 2 N–H and O–H groups in total. The molecular formula is C14H24NOSn. The van der Waals surface area contributed by atoms with E-state index in [4.69, 9.17) is 8.81 Å². The first-order valence-electron chi connectivity index (χ1n) is 6.47. The number of benzene rings is 1. The molecule has 0 aliphatic rings. The molecule has 95 valence electrons. The first-order valence-corrected chi connectivity index (χ1v) is 11.1. The molecule has 2 unspecified atom stereocenters. The maximum atomic E-state index is 6.27. The Kier molecular flexibility index (Phi) is 6.52. The number of hydrogen-bond donors (Lipinski definition) is 1. The monoisotopic (exact) mass is 342 g/mol. The van der Waals surface area contributed by atoms with Crippen molar-refractivity contribution < 1.29 is 3.07 Å². The van der Waals surface area contributed by atoms with Gasteiger partial charge in [0, 0.05) is 0 Å². The molecule has 0 aliphatic heterocycles. The second-order valence-electron chi connectivity index (χ2n) is 4.49. The molecule has 0 saturated heterocycles. The van der Waals surface area contributed by atoms with Crippen molar-refractivity contribution in [3.63, 3.8) is 0 Å². The van der Waals surface area contributed by atoms with E-state index >= 15 is 0 Å². The van der Waals surface area contributed by atoms with Gasteiger partial charge in [0.1, 0.15) is 0 Å². The fourth-order valence-corrected chi connectivity index (χ4v) is 8.21. The molecule has 2 atom stereocenters. The van der Waals surface area contributed by atoms with Gasteiger partial charge in [0.2, 0.25) is 0 Å². The van der Waals surface area contributed by atoms with Gasteiger partial charge >= 0.3 is 113 Å². The van der Waals surface area contributed by atoms with Crippen LogP contribution in [-0.2, 0) is 3.07 Å².